The third-order valence-corrected chi connectivity index (χ3v) is 2.96. The van der Waals surface area contributed by atoms with Gasteiger partial charge in [-0.15, -0.1) is 0 Å². The molecule has 1 aromatic heterocycles. The minimum atomic E-state index is 0.167. The Balaban J connectivity index is 1.97. The van der Waals surface area contributed by atoms with E-state index in [1.54, 1.807) is 0 Å². The zero-order chi connectivity index (χ0) is 10.5. The van der Waals surface area contributed by atoms with Crippen molar-refractivity contribution in [2.75, 3.05) is 0 Å². The van der Waals surface area contributed by atoms with Gasteiger partial charge in [0.2, 0.25) is 0 Å². The molecule has 0 aromatic carbocycles. The van der Waals surface area contributed by atoms with E-state index in [2.05, 4.69) is 11.1 Å². The van der Waals surface area contributed by atoms with E-state index in [9.17, 15) is 0 Å². The predicted octanol–water partition coefficient (Wildman–Crippen LogP) is 2.45. The smallest absolute Gasteiger partial charge is 0.0422 e. The van der Waals surface area contributed by atoms with Crippen LogP contribution in [0.25, 0.3) is 0 Å². The van der Waals surface area contributed by atoms with E-state index in [0.717, 1.165) is 12.1 Å². The molecule has 0 saturated carbocycles. The van der Waals surface area contributed by atoms with Gasteiger partial charge in [0, 0.05) is 24.4 Å². The lowest BCUT2D eigenvalue weighted by atomic mass is 9.92. The highest BCUT2D eigenvalue weighted by Gasteiger charge is 2.12. The van der Waals surface area contributed by atoms with Gasteiger partial charge < -0.3 is 5.73 Å². The predicted molar refractivity (Wildman–Crippen MR) is 62.5 cm³/mol. The quantitative estimate of drug-likeness (QED) is 0.765. The van der Waals surface area contributed by atoms with E-state index in [-0.39, 0.29) is 6.04 Å². The molecule has 0 aliphatic heterocycles. The van der Waals surface area contributed by atoms with Crippen molar-refractivity contribution in [3.05, 3.63) is 41.7 Å². The van der Waals surface area contributed by atoms with E-state index in [1.807, 2.05) is 24.4 Å². The minimum Gasteiger partial charge on any atom is -0.324 e. The van der Waals surface area contributed by atoms with Crippen LogP contribution in [0, 0.1) is 0 Å². The molecule has 0 spiro atoms. The molecule has 0 saturated heterocycles. The van der Waals surface area contributed by atoms with Gasteiger partial charge in [-0.25, -0.2) is 0 Å². The molecule has 2 heteroatoms. The van der Waals surface area contributed by atoms with Crippen molar-refractivity contribution < 1.29 is 0 Å². The van der Waals surface area contributed by atoms with Crippen LogP contribution in [0.2, 0.25) is 0 Å². The average Bonchev–Trinajstić information content (AvgIpc) is 2.31. The standard InChI is InChI=1S/C13H18N2/c14-13(11-6-2-1-3-7-11)10-12-8-4-5-9-15-12/h4-6,8-9,13H,1-3,7,10,14H2. The number of pyridine rings is 1. The summed E-state index contributed by atoms with van der Waals surface area (Å²) in [6.45, 7) is 0. The van der Waals surface area contributed by atoms with Gasteiger partial charge in [-0.05, 0) is 37.8 Å². The van der Waals surface area contributed by atoms with E-state index >= 15 is 0 Å². The maximum absolute atomic E-state index is 6.17. The SMILES string of the molecule is NC(Cc1ccccn1)C1=CCCCC1. The van der Waals surface area contributed by atoms with Crippen molar-refractivity contribution in [1.82, 2.24) is 4.98 Å². The molecule has 2 nitrogen and oxygen atoms in total. The zero-order valence-corrected chi connectivity index (χ0v) is 9.02. The third kappa shape index (κ3) is 2.90. The number of hydrogen-bond donors (Lipinski definition) is 1. The number of hydrogen-bond acceptors (Lipinski definition) is 2. The highest BCUT2D eigenvalue weighted by atomic mass is 14.7. The normalized spacial score (nSPS) is 18.3. The fourth-order valence-corrected chi connectivity index (χ4v) is 2.08. The summed E-state index contributed by atoms with van der Waals surface area (Å²) in [6.07, 6.45) is 10.0. The van der Waals surface area contributed by atoms with Crippen LogP contribution in [-0.4, -0.2) is 11.0 Å². The molecule has 0 bridgehead atoms. The maximum Gasteiger partial charge on any atom is 0.0422 e. The summed E-state index contributed by atoms with van der Waals surface area (Å²) in [5, 5.41) is 0. The van der Waals surface area contributed by atoms with Crippen molar-refractivity contribution in [2.24, 2.45) is 5.73 Å². The Hall–Kier alpha value is -1.15. The Bertz CT molecular complexity index is 330. The first-order valence-corrected chi connectivity index (χ1v) is 5.70. The maximum atomic E-state index is 6.17. The topological polar surface area (TPSA) is 38.9 Å². The van der Waals surface area contributed by atoms with E-state index < -0.39 is 0 Å². The number of nitrogens with two attached hydrogens (primary N) is 1. The molecule has 0 radical (unpaired) electrons. The minimum absolute atomic E-state index is 0.167. The molecule has 15 heavy (non-hydrogen) atoms. The van der Waals surface area contributed by atoms with Crippen molar-refractivity contribution in [3.63, 3.8) is 0 Å². The van der Waals surface area contributed by atoms with Gasteiger partial charge >= 0.3 is 0 Å². The summed E-state index contributed by atoms with van der Waals surface area (Å²) >= 11 is 0. The molecule has 1 aliphatic rings. The summed E-state index contributed by atoms with van der Waals surface area (Å²) in [5.41, 5.74) is 8.69. The van der Waals surface area contributed by atoms with Crippen molar-refractivity contribution >= 4 is 0 Å². The summed E-state index contributed by atoms with van der Waals surface area (Å²) in [4.78, 5) is 4.31. The van der Waals surface area contributed by atoms with Crippen LogP contribution in [0.3, 0.4) is 0 Å². The summed E-state index contributed by atoms with van der Waals surface area (Å²) in [7, 11) is 0. The second-order valence-electron chi connectivity index (χ2n) is 4.16. The molecule has 2 N–H and O–H groups in total. The van der Waals surface area contributed by atoms with Gasteiger partial charge in [0.15, 0.2) is 0 Å². The number of aromatic nitrogens is 1. The van der Waals surface area contributed by atoms with Gasteiger partial charge in [0.05, 0.1) is 0 Å². The van der Waals surface area contributed by atoms with Crippen LogP contribution in [0.15, 0.2) is 36.0 Å². The van der Waals surface area contributed by atoms with Gasteiger partial charge in [0.25, 0.3) is 0 Å². The molecule has 1 aliphatic carbocycles. The first-order valence-electron chi connectivity index (χ1n) is 5.70. The Labute approximate surface area is 91.2 Å². The Kier molecular flexibility index (Phi) is 3.51. The fraction of sp³-hybridized carbons (Fsp3) is 0.462. The molecular formula is C13H18N2. The largest absolute Gasteiger partial charge is 0.324 e. The first kappa shape index (κ1) is 10.4. The van der Waals surface area contributed by atoms with Gasteiger partial charge in [-0.2, -0.15) is 0 Å². The molecule has 80 valence electrons. The van der Waals surface area contributed by atoms with Crippen LogP contribution < -0.4 is 5.73 Å². The molecule has 1 aromatic rings. The lowest BCUT2D eigenvalue weighted by Crippen LogP contribution is -2.26. The van der Waals surface area contributed by atoms with E-state index in [1.165, 1.54) is 31.3 Å². The molecule has 1 atom stereocenters. The van der Waals surface area contributed by atoms with E-state index in [4.69, 9.17) is 5.73 Å². The highest BCUT2D eigenvalue weighted by molar-refractivity contribution is 5.16. The second-order valence-corrected chi connectivity index (χ2v) is 4.16. The Morgan fingerprint density at radius 3 is 2.93 bits per heavy atom. The number of rotatable bonds is 3. The van der Waals surface area contributed by atoms with E-state index in [0.29, 0.717) is 0 Å². The highest BCUT2D eigenvalue weighted by Crippen LogP contribution is 2.20. The Morgan fingerprint density at radius 2 is 2.27 bits per heavy atom. The van der Waals surface area contributed by atoms with Gasteiger partial charge in [-0.3, -0.25) is 4.98 Å². The lowest BCUT2D eigenvalue weighted by molar-refractivity contribution is 0.626. The molecular weight excluding hydrogens is 184 g/mol. The zero-order valence-electron chi connectivity index (χ0n) is 9.02. The third-order valence-electron chi connectivity index (χ3n) is 2.96. The fourth-order valence-electron chi connectivity index (χ4n) is 2.08. The average molecular weight is 202 g/mol. The van der Waals surface area contributed by atoms with Crippen molar-refractivity contribution in [1.29, 1.82) is 0 Å². The van der Waals surface area contributed by atoms with Crippen LogP contribution >= 0.6 is 0 Å². The molecule has 1 heterocycles. The molecule has 1 unspecified atom stereocenters. The molecule has 0 fully saturated rings. The lowest BCUT2D eigenvalue weighted by Gasteiger charge is -2.19. The second kappa shape index (κ2) is 5.08. The summed E-state index contributed by atoms with van der Waals surface area (Å²) in [6, 6.07) is 6.17. The van der Waals surface area contributed by atoms with Gasteiger partial charge in [0.1, 0.15) is 0 Å². The van der Waals surface area contributed by atoms with Crippen molar-refractivity contribution in [2.45, 2.75) is 38.1 Å². The van der Waals surface area contributed by atoms with Crippen LogP contribution in [0.5, 0.6) is 0 Å². The molecule has 0 amide bonds. The first-order chi connectivity index (χ1) is 7.36. The summed E-state index contributed by atoms with van der Waals surface area (Å²) < 4.78 is 0. The molecule has 2 rings (SSSR count). The van der Waals surface area contributed by atoms with Gasteiger partial charge in [-0.1, -0.05) is 17.7 Å². The summed E-state index contributed by atoms with van der Waals surface area (Å²) in [5.74, 6) is 0. The van der Waals surface area contributed by atoms with Crippen LogP contribution in [-0.2, 0) is 6.42 Å². The van der Waals surface area contributed by atoms with Crippen LogP contribution in [0.1, 0.15) is 31.4 Å². The van der Waals surface area contributed by atoms with Crippen molar-refractivity contribution in [3.8, 4) is 0 Å². The number of nitrogens with zero attached hydrogens (tertiary/aromatic N) is 1. The van der Waals surface area contributed by atoms with Crippen LogP contribution in [0.4, 0.5) is 0 Å². The monoisotopic (exact) mass is 202 g/mol. The Morgan fingerprint density at radius 1 is 1.33 bits per heavy atom. The number of allylic oxidation sites excluding steroid dienone is 1.